The van der Waals surface area contributed by atoms with Crippen molar-refractivity contribution in [3.63, 3.8) is 0 Å². The van der Waals surface area contributed by atoms with Crippen molar-refractivity contribution >= 4 is 23.5 Å². The van der Waals surface area contributed by atoms with E-state index in [-0.39, 0.29) is 11.1 Å². The van der Waals surface area contributed by atoms with Crippen LogP contribution in [0.4, 0.5) is 0 Å². The summed E-state index contributed by atoms with van der Waals surface area (Å²) in [6.07, 6.45) is 3.62. The molecule has 4 aromatic rings. The van der Waals surface area contributed by atoms with Crippen molar-refractivity contribution in [1.82, 2.24) is 0 Å². The van der Waals surface area contributed by atoms with Gasteiger partial charge in [0.1, 0.15) is 35.2 Å². The third-order valence-corrected chi connectivity index (χ3v) is 6.73. The van der Waals surface area contributed by atoms with Crippen LogP contribution in [0.25, 0.3) is 22.6 Å². The van der Waals surface area contributed by atoms with Crippen LogP contribution in [0.1, 0.15) is 11.1 Å². The Morgan fingerprint density at radius 3 is 1.39 bits per heavy atom. The summed E-state index contributed by atoms with van der Waals surface area (Å²) in [6, 6.07) is 21.5. The zero-order valence-electron chi connectivity index (χ0n) is 20.9. The van der Waals surface area contributed by atoms with Gasteiger partial charge in [-0.3, -0.25) is 0 Å². The molecule has 0 saturated heterocycles. The fourth-order valence-corrected chi connectivity index (χ4v) is 4.42. The number of hydrogen-bond donors (Lipinski definition) is 0. The second-order valence-corrected chi connectivity index (χ2v) is 9.07. The van der Waals surface area contributed by atoms with Crippen molar-refractivity contribution in [1.29, 1.82) is 10.5 Å². The summed E-state index contributed by atoms with van der Waals surface area (Å²) >= 11 is 2.68. The van der Waals surface area contributed by atoms with Gasteiger partial charge in [0.15, 0.2) is 11.1 Å². The van der Waals surface area contributed by atoms with E-state index in [4.69, 9.17) is 28.8 Å². The van der Waals surface area contributed by atoms with Crippen LogP contribution in [-0.2, 0) is 0 Å². The van der Waals surface area contributed by atoms with Gasteiger partial charge in [-0.05, 0) is 48.9 Å². The molecule has 0 bridgehead atoms. The summed E-state index contributed by atoms with van der Waals surface area (Å²) < 4.78 is 20.6. The number of ether oxygens (including phenoxy) is 2. The number of nitriles is 2. The molecule has 0 N–H and O–H groups in total. The molecule has 0 fully saturated rings. The van der Waals surface area contributed by atoms with Crippen LogP contribution in [0, 0.1) is 22.7 Å². The molecule has 2 aromatic carbocycles. The maximum Gasteiger partial charge on any atom is 0.355 e. The number of hydrogen-bond acceptors (Lipinski definition) is 10. The molecule has 0 amide bonds. The quantitative estimate of drug-likeness (QED) is 0.273. The molecule has 8 nitrogen and oxygen atoms in total. The Bertz CT molecular complexity index is 1520. The normalized spacial score (nSPS) is 9.95. The molecule has 4 rings (SSSR count). The molecule has 10 heteroatoms. The van der Waals surface area contributed by atoms with Crippen LogP contribution in [0.5, 0.6) is 11.5 Å². The van der Waals surface area contributed by atoms with Gasteiger partial charge in [-0.25, -0.2) is 9.59 Å². The minimum absolute atomic E-state index is 0.0409. The molecule has 192 valence electrons. The predicted octanol–water partition coefficient (Wildman–Crippen LogP) is 5.82. The smallest absolute Gasteiger partial charge is 0.355 e. The Morgan fingerprint density at radius 2 is 1.08 bits per heavy atom. The third kappa shape index (κ3) is 6.48. The highest BCUT2D eigenvalue weighted by molar-refractivity contribution is 7.98. The first-order chi connectivity index (χ1) is 18.4. The van der Waals surface area contributed by atoms with Crippen LogP contribution in [0.15, 0.2) is 88.9 Å². The summed E-state index contributed by atoms with van der Waals surface area (Å²) in [6.45, 7) is 0. The van der Waals surface area contributed by atoms with Gasteiger partial charge in [0.25, 0.3) is 0 Å². The molecule has 0 saturated carbocycles. The average molecular weight is 547 g/mol. The fraction of sp³-hybridized carbons (Fsp3) is 0.143. The lowest BCUT2D eigenvalue weighted by atomic mass is 10.1. The van der Waals surface area contributed by atoms with Crippen LogP contribution < -0.4 is 20.7 Å². The van der Waals surface area contributed by atoms with Crippen molar-refractivity contribution in [2.24, 2.45) is 0 Å². The third-order valence-electron chi connectivity index (χ3n) is 5.20. The van der Waals surface area contributed by atoms with E-state index >= 15 is 0 Å². The highest BCUT2D eigenvalue weighted by Gasteiger charge is 2.13. The van der Waals surface area contributed by atoms with Crippen molar-refractivity contribution in [2.45, 2.75) is 9.79 Å². The first-order valence-corrected chi connectivity index (χ1v) is 13.4. The van der Waals surface area contributed by atoms with Crippen LogP contribution >= 0.6 is 23.5 Å². The molecule has 0 aliphatic heterocycles. The average Bonchev–Trinajstić information content (AvgIpc) is 2.96. The van der Waals surface area contributed by atoms with Gasteiger partial charge in [-0.2, -0.15) is 10.5 Å². The van der Waals surface area contributed by atoms with Crippen molar-refractivity contribution in [3.05, 3.63) is 92.6 Å². The van der Waals surface area contributed by atoms with Gasteiger partial charge in [-0.1, -0.05) is 24.3 Å². The second kappa shape index (κ2) is 13.2. The molecule has 0 spiro atoms. The Labute approximate surface area is 227 Å². The van der Waals surface area contributed by atoms with Crippen LogP contribution in [0.3, 0.4) is 0 Å². The molecule has 2 heterocycles. The number of rotatable bonds is 6. The zero-order valence-corrected chi connectivity index (χ0v) is 22.6. The SMILES string of the molecule is COc1cccc(-c2cc(SC)c(C#N)c(=O)o2)c1.COc1cccc(-c2cc(SC)c(C#N)c(=O)o2)c1. The summed E-state index contributed by atoms with van der Waals surface area (Å²) in [5, 5.41) is 17.9. The van der Waals surface area contributed by atoms with Crippen molar-refractivity contribution in [2.75, 3.05) is 26.7 Å². The first-order valence-electron chi connectivity index (χ1n) is 10.9. The zero-order chi connectivity index (χ0) is 27.7. The summed E-state index contributed by atoms with van der Waals surface area (Å²) in [5.41, 5.74) is 0.310. The second-order valence-electron chi connectivity index (χ2n) is 7.37. The Hall–Kier alpha value is -4.38. The molecule has 2 aromatic heterocycles. The van der Waals surface area contributed by atoms with Gasteiger partial charge in [-0.15, -0.1) is 23.5 Å². The van der Waals surface area contributed by atoms with Gasteiger partial charge in [0.05, 0.1) is 14.2 Å². The highest BCUT2D eigenvalue weighted by atomic mass is 32.2. The van der Waals surface area contributed by atoms with E-state index in [1.54, 1.807) is 50.6 Å². The monoisotopic (exact) mass is 546 g/mol. The molecular formula is C28H22N2O6S2. The van der Waals surface area contributed by atoms with E-state index < -0.39 is 11.3 Å². The van der Waals surface area contributed by atoms with E-state index in [1.165, 1.54) is 23.5 Å². The fourth-order valence-electron chi connectivity index (χ4n) is 3.31. The van der Waals surface area contributed by atoms with E-state index in [9.17, 15) is 9.59 Å². The molecule has 0 aliphatic rings. The lowest BCUT2D eigenvalue weighted by Gasteiger charge is -2.05. The molecule has 0 aliphatic carbocycles. The van der Waals surface area contributed by atoms with Gasteiger partial charge in [0.2, 0.25) is 0 Å². The molecule has 0 atom stereocenters. The van der Waals surface area contributed by atoms with Crippen molar-refractivity contribution < 1.29 is 18.3 Å². The summed E-state index contributed by atoms with van der Waals surface area (Å²) in [4.78, 5) is 24.7. The van der Waals surface area contributed by atoms with E-state index in [1.807, 2.05) is 48.9 Å². The minimum Gasteiger partial charge on any atom is -0.497 e. The summed E-state index contributed by atoms with van der Waals surface area (Å²) in [7, 11) is 3.14. The predicted molar refractivity (Wildman–Crippen MR) is 147 cm³/mol. The van der Waals surface area contributed by atoms with Gasteiger partial charge in [0, 0.05) is 20.9 Å². The number of thioether (sulfide) groups is 2. The van der Waals surface area contributed by atoms with Gasteiger partial charge >= 0.3 is 11.3 Å². The Kier molecular flexibility index (Phi) is 9.83. The van der Waals surface area contributed by atoms with Crippen LogP contribution in [-0.4, -0.2) is 26.7 Å². The maximum absolute atomic E-state index is 11.7. The lowest BCUT2D eigenvalue weighted by molar-refractivity contribution is 0.414. The molecule has 0 radical (unpaired) electrons. The number of methoxy groups -OCH3 is 2. The lowest BCUT2D eigenvalue weighted by Crippen LogP contribution is -2.06. The maximum atomic E-state index is 11.7. The molecule has 38 heavy (non-hydrogen) atoms. The Morgan fingerprint density at radius 1 is 0.684 bits per heavy atom. The first kappa shape index (κ1) is 28.2. The van der Waals surface area contributed by atoms with Crippen molar-refractivity contribution in [3.8, 4) is 46.3 Å². The van der Waals surface area contributed by atoms with E-state index in [0.717, 1.165) is 11.1 Å². The van der Waals surface area contributed by atoms with Gasteiger partial charge < -0.3 is 18.3 Å². The van der Waals surface area contributed by atoms with E-state index in [0.29, 0.717) is 32.8 Å². The highest BCUT2D eigenvalue weighted by Crippen LogP contribution is 2.28. The minimum atomic E-state index is -0.618. The number of nitrogens with zero attached hydrogens (tertiary/aromatic N) is 2. The largest absolute Gasteiger partial charge is 0.497 e. The summed E-state index contributed by atoms with van der Waals surface area (Å²) in [5.74, 6) is 2.20. The molecule has 0 unspecified atom stereocenters. The topological polar surface area (TPSA) is 126 Å². The molecular weight excluding hydrogens is 524 g/mol. The van der Waals surface area contributed by atoms with E-state index in [2.05, 4.69) is 0 Å². The Balaban J connectivity index is 0.000000211. The standard InChI is InChI=1S/2C14H11NO3S/c2*1-17-10-5-3-4-9(6-10)12-7-13(19-2)11(8-15)14(16)18-12/h2*3-7H,1-2H3. The van der Waals surface area contributed by atoms with Crippen LogP contribution in [0.2, 0.25) is 0 Å². The number of benzene rings is 2.